The van der Waals surface area contributed by atoms with Gasteiger partial charge in [-0.3, -0.25) is 14.5 Å². The highest BCUT2D eigenvalue weighted by Gasteiger charge is 2.25. The maximum Gasteiger partial charge on any atom is 0.317 e. The Labute approximate surface area is 128 Å². The van der Waals surface area contributed by atoms with Crippen molar-refractivity contribution in [2.24, 2.45) is 0 Å². The Morgan fingerprint density at radius 3 is 1.45 bits per heavy atom. The van der Waals surface area contributed by atoms with Crippen molar-refractivity contribution in [2.75, 3.05) is 13.1 Å². The number of carboxylic acid groups (broad SMARTS) is 2. The monoisotopic (exact) mass is 299 g/mol. The van der Waals surface area contributed by atoms with Gasteiger partial charge in [-0.05, 0) is 11.1 Å². The van der Waals surface area contributed by atoms with Gasteiger partial charge in [0.15, 0.2) is 0 Å². The lowest BCUT2D eigenvalue weighted by Crippen LogP contribution is -2.38. The van der Waals surface area contributed by atoms with E-state index in [0.29, 0.717) is 0 Å². The molecule has 2 rings (SSSR count). The van der Waals surface area contributed by atoms with Crippen molar-refractivity contribution >= 4 is 11.9 Å². The van der Waals surface area contributed by atoms with Crippen LogP contribution in [0.15, 0.2) is 60.7 Å². The zero-order valence-electron chi connectivity index (χ0n) is 11.9. The van der Waals surface area contributed by atoms with E-state index in [-0.39, 0.29) is 13.1 Å². The molecule has 0 aliphatic heterocycles. The molecule has 0 unspecified atom stereocenters. The van der Waals surface area contributed by atoms with Gasteiger partial charge in [-0.15, -0.1) is 0 Å². The van der Waals surface area contributed by atoms with Crippen molar-refractivity contribution in [3.63, 3.8) is 0 Å². The lowest BCUT2D eigenvalue weighted by atomic mass is 9.97. The Balaban J connectivity index is 2.45. The number of nitrogens with zero attached hydrogens (tertiary/aromatic N) is 1. The molecule has 0 bridgehead atoms. The first-order valence-corrected chi connectivity index (χ1v) is 6.85. The number of carboxylic acids is 2. The van der Waals surface area contributed by atoms with Crippen LogP contribution in [0.2, 0.25) is 0 Å². The fraction of sp³-hybridized carbons (Fsp3) is 0.176. The van der Waals surface area contributed by atoms with Crippen LogP contribution in [0.5, 0.6) is 0 Å². The average molecular weight is 299 g/mol. The van der Waals surface area contributed by atoms with Gasteiger partial charge in [-0.25, -0.2) is 0 Å². The summed E-state index contributed by atoms with van der Waals surface area (Å²) in [6.45, 7) is -0.693. The van der Waals surface area contributed by atoms with Crippen LogP contribution in [-0.2, 0) is 9.59 Å². The van der Waals surface area contributed by atoms with E-state index in [0.717, 1.165) is 11.1 Å². The van der Waals surface area contributed by atoms with Gasteiger partial charge in [-0.1, -0.05) is 60.7 Å². The molecule has 0 aromatic heterocycles. The normalized spacial score (nSPS) is 10.8. The van der Waals surface area contributed by atoms with Gasteiger partial charge < -0.3 is 10.2 Å². The minimum Gasteiger partial charge on any atom is -0.480 e. The fourth-order valence-corrected chi connectivity index (χ4v) is 2.47. The first kappa shape index (κ1) is 15.7. The average Bonchev–Trinajstić information content (AvgIpc) is 2.48. The second-order valence-corrected chi connectivity index (χ2v) is 4.92. The van der Waals surface area contributed by atoms with Gasteiger partial charge >= 0.3 is 11.9 Å². The molecule has 0 aliphatic rings. The van der Waals surface area contributed by atoms with Crippen LogP contribution in [0.3, 0.4) is 0 Å². The van der Waals surface area contributed by atoms with Gasteiger partial charge in [0.1, 0.15) is 0 Å². The number of aliphatic carboxylic acids is 2. The third-order valence-electron chi connectivity index (χ3n) is 3.27. The van der Waals surface area contributed by atoms with E-state index in [1.165, 1.54) is 4.90 Å². The molecule has 5 heteroatoms. The molecule has 0 saturated carbocycles. The largest absolute Gasteiger partial charge is 0.480 e. The lowest BCUT2D eigenvalue weighted by Gasteiger charge is -2.30. The Morgan fingerprint density at radius 1 is 0.773 bits per heavy atom. The highest BCUT2D eigenvalue weighted by molar-refractivity contribution is 5.73. The van der Waals surface area contributed by atoms with Crippen LogP contribution < -0.4 is 0 Å². The Bertz CT molecular complexity index is 572. The smallest absolute Gasteiger partial charge is 0.317 e. The van der Waals surface area contributed by atoms with E-state index >= 15 is 0 Å². The summed E-state index contributed by atoms with van der Waals surface area (Å²) in [4.78, 5) is 23.7. The maximum absolute atomic E-state index is 11.1. The summed E-state index contributed by atoms with van der Waals surface area (Å²) in [7, 11) is 0. The minimum absolute atomic E-state index is 0.346. The number of carbonyl (C=O) groups is 2. The summed E-state index contributed by atoms with van der Waals surface area (Å²) in [5.41, 5.74) is 1.72. The predicted octanol–water partition coefficient (Wildman–Crippen LogP) is 2.25. The van der Waals surface area contributed by atoms with Crippen LogP contribution in [0.25, 0.3) is 0 Å². The minimum atomic E-state index is -1.06. The first-order valence-electron chi connectivity index (χ1n) is 6.85. The predicted molar refractivity (Wildman–Crippen MR) is 81.6 cm³/mol. The second-order valence-electron chi connectivity index (χ2n) is 4.92. The number of rotatable bonds is 7. The Kier molecular flexibility index (Phi) is 5.27. The standard InChI is InChI=1S/C17H17NO4/c19-15(20)11-18(12-16(21)22)17(13-7-3-1-4-8-13)14-9-5-2-6-10-14/h1-10,17H,11-12H2,(H,19,20)(H,21,22). The highest BCUT2D eigenvalue weighted by atomic mass is 16.4. The van der Waals surface area contributed by atoms with Crippen molar-refractivity contribution in [2.45, 2.75) is 6.04 Å². The highest BCUT2D eigenvalue weighted by Crippen LogP contribution is 2.28. The van der Waals surface area contributed by atoms with Crippen molar-refractivity contribution in [1.29, 1.82) is 0 Å². The topological polar surface area (TPSA) is 77.8 Å². The van der Waals surface area contributed by atoms with Gasteiger partial charge in [0.2, 0.25) is 0 Å². The van der Waals surface area contributed by atoms with Crippen molar-refractivity contribution in [3.8, 4) is 0 Å². The zero-order chi connectivity index (χ0) is 15.9. The van der Waals surface area contributed by atoms with E-state index in [1.807, 2.05) is 60.7 Å². The summed E-state index contributed by atoms with van der Waals surface area (Å²) in [6.07, 6.45) is 0. The summed E-state index contributed by atoms with van der Waals surface area (Å²) in [5.74, 6) is -2.11. The summed E-state index contributed by atoms with van der Waals surface area (Å²) >= 11 is 0. The third kappa shape index (κ3) is 4.17. The molecule has 2 aromatic carbocycles. The molecule has 22 heavy (non-hydrogen) atoms. The fourth-order valence-electron chi connectivity index (χ4n) is 2.47. The van der Waals surface area contributed by atoms with Gasteiger partial charge in [0, 0.05) is 0 Å². The van der Waals surface area contributed by atoms with Crippen LogP contribution in [0, 0.1) is 0 Å². The van der Waals surface area contributed by atoms with Gasteiger partial charge in [0.05, 0.1) is 19.1 Å². The Morgan fingerprint density at radius 2 is 1.14 bits per heavy atom. The Hall–Kier alpha value is -2.66. The van der Waals surface area contributed by atoms with Crippen LogP contribution >= 0.6 is 0 Å². The second kappa shape index (κ2) is 7.38. The molecular weight excluding hydrogens is 282 g/mol. The summed E-state index contributed by atoms with van der Waals surface area (Å²) < 4.78 is 0. The molecule has 0 spiro atoms. The van der Waals surface area contributed by atoms with Gasteiger partial charge in [0.25, 0.3) is 0 Å². The van der Waals surface area contributed by atoms with E-state index in [9.17, 15) is 9.59 Å². The molecule has 0 heterocycles. The molecule has 0 saturated heterocycles. The molecule has 2 aromatic rings. The van der Waals surface area contributed by atoms with E-state index in [2.05, 4.69) is 0 Å². The molecule has 0 atom stereocenters. The number of hydrogen-bond acceptors (Lipinski definition) is 3. The van der Waals surface area contributed by atoms with E-state index < -0.39 is 18.0 Å². The van der Waals surface area contributed by atoms with E-state index in [1.54, 1.807) is 0 Å². The van der Waals surface area contributed by atoms with Crippen LogP contribution in [0.1, 0.15) is 17.2 Å². The molecule has 0 radical (unpaired) electrons. The summed E-state index contributed by atoms with van der Waals surface area (Å²) in [5, 5.41) is 18.2. The van der Waals surface area contributed by atoms with Crippen LogP contribution in [-0.4, -0.2) is 40.1 Å². The van der Waals surface area contributed by atoms with Gasteiger partial charge in [-0.2, -0.15) is 0 Å². The molecule has 0 amide bonds. The molecule has 114 valence electrons. The zero-order valence-corrected chi connectivity index (χ0v) is 11.9. The molecule has 0 fully saturated rings. The number of benzene rings is 2. The molecule has 5 nitrogen and oxygen atoms in total. The molecule has 2 N–H and O–H groups in total. The molecular formula is C17H17NO4. The van der Waals surface area contributed by atoms with Crippen LogP contribution in [0.4, 0.5) is 0 Å². The van der Waals surface area contributed by atoms with Crippen molar-refractivity contribution in [1.82, 2.24) is 4.90 Å². The first-order chi connectivity index (χ1) is 10.6. The third-order valence-corrected chi connectivity index (χ3v) is 3.27. The van der Waals surface area contributed by atoms with E-state index in [4.69, 9.17) is 10.2 Å². The van der Waals surface area contributed by atoms with Crippen molar-refractivity contribution in [3.05, 3.63) is 71.8 Å². The maximum atomic E-state index is 11.1. The quantitative estimate of drug-likeness (QED) is 0.820. The lowest BCUT2D eigenvalue weighted by molar-refractivity contribution is -0.142. The molecule has 0 aliphatic carbocycles. The van der Waals surface area contributed by atoms with Crippen molar-refractivity contribution < 1.29 is 19.8 Å². The SMILES string of the molecule is O=C(O)CN(CC(=O)O)C(c1ccccc1)c1ccccc1. The number of hydrogen-bond donors (Lipinski definition) is 2. The summed E-state index contributed by atoms with van der Waals surface area (Å²) in [6, 6.07) is 18.2.